The molecule has 3 N–H and O–H groups in total. The lowest BCUT2D eigenvalue weighted by Crippen LogP contribution is -2.30. The molecule has 7 heteroatoms. The Kier molecular flexibility index (Phi) is 7.22. The zero-order valence-corrected chi connectivity index (χ0v) is 16.1. The van der Waals surface area contributed by atoms with E-state index in [1.165, 1.54) is 6.07 Å². The Morgan fingerprint density at radius 3 is 2.48 bits per heavy atom. The van der Waals surface area contributed by atoms with Crippen LogP contribution in [0.1, 0.15) is 43.0 Å². The number of hydrogen-bond acceptors (Lipinski definition) is 6. The van der Waals surface area contributed by atoms with Crippen LogP contribution in [-0.4, -0.2) is 16.6 Å². The van der Waals surface area contributed by atoms with Gasteiger partial charge >= 0.3 is 0 Å². The van der Waals surface area contributed by atoms with Gasteiger partial charge in [-0.25, -0.2) is 4.98 Å². The highest BCUT2D eigenvalue weighted by molar-refractivity contribution is 8.00. The molecule has 2 aromatic rings. The van der Waals surface area contributed by atoms with Crippen molar-refractivity contribution < 1.29 is 4.79 Å². The molecule has 0 spiro atoms. The number of nitrogens with zero attached hydrogens (tertiary/aromatic N) is 3. The van der Waals surface area contributed by atoms with E-state index in [2.05, 4.69) is 24.1 Å². The van der Waals surface area contributed by atoms with Gasteiger partial charge in [0.2, 0.25) is 5.91 Å². The average Bonchev–Trinajstić information content (AvgIpc) is 2.66. The molecule has 1 amide bonds. The number of carbonyl (C=O) groups is 1. The van der Waals surface area contributed by atoms with E-state index in [-0.39, 0.29) is 34.6 Å². The summed E-state index contributed by atoms with van der Waals surface area (Å²) in [4.78, 5) is 16.6. The molecule has 1 aromatic heterocycles. The minimum absolute atomic E-state index is 0.0568. The second kappa shape index (κ2) is 9.61. The minimum atomic E-state index is -0.150. The third kappa shape index (κ3) is 5.73. The lowest BCUT2D eigenvalue weighted by Gasteiger charge is -2.21. The molecule has 0 aliphatic carbocycles. The van der Waals surface area contributed by atoms with Gasteiger partial charge in [0.05, 0.1) is 22.9 Å². The maximum Gasteiger partial charge on any atom is 0.230 e. The number of aromatic nitrogens is 1. The highest BCUT2D eigenvalue weighted by Gasteiger charge is 2.17. The van der Waals surface area contributed by atoms with Crippen LogP contribution in [0.4, 0.5) is 5.82 Å². The number of pyridine rings is 1. The normalized spacial score (nSPS) is 11.4. The van der Waals surface area contributed by atoms with Crippen molar-refractivity contribution in [2.75, 3.05) is 11.5 Å². The summed E-state index contributed by atoms with van der Waals surface area (Å²) in [5.41, 5.74) is 7.17. The predicted molar refractivity (Wildman–Crippen MR) is 106 cm³/mol. The van der Waals surface area contributed by atoms with Gasteiger partial charge in [-0.15, -0.1) is 0 Å². The smallest absolute Gasteiger partial charge is 0.230 e. The van der Waals surface area contributed by atoms with Crippen LogP contribution >= 0.6 is 11.8 Å². The van der Waals surface area contributed by atoms with E-state index in [9.17, 15) is 10.1 Å². The van der Waals surface area contributed by atoms with E-state index < -0.39 is 0 Å². The van der Waals surface area contributed by atoms with Crippen molar-refractivity contribution in [3.63, 3.8) is 0 Å². The van der Waals surface area contributed by atoms with Gasteiger partial charge in [-0.1, -0.05) is 55.9 Å². The fourth-order valence-corrected chi connectivity index (χ4v) is 3.37. The largest absolute Gasteiger partial charge is 0.383 e. The molecule has 138 valence electrons. The third-order valence-corrected chi connectivity index (χ3v) is 4.83. The zero-order valence-electron chi connectivity index (χ0n) is 15.3. The number of amides is 1. The molecule has 1 heterocycles. The van der Waals surface area contributed by atoms with Crippen LogP contribution in [0.5, 0.6) is 0 Å². The molecule has 0 aliphatic rings. The van der Waals surface area contributed by atoms with Crippen molar-refractivity contribution in [3.05, 3.63) is 53.1 Å². The van der Waals surface area contributed by atoms with E-state index in [0.717, 1.165) is 23.7 Å². The van der Waals surface area contributed by atoms with Crippen LogP contribution in [-0.2, 0) is 4.79 Å². The summed E-state index contributed by atoms with van der Waals surface area (Å²) < 4.78 is 0. The number of nitrogen functional groups attached to an aromatic ring is 1. The SMILES string of the molecule is CC(C)C[C@@H](NC(=O)CSc1nc(N)c(C#N)cc1C#N)c1ccccc1. The van der Waals surface area contributed by atoms with Gasteiger partial charge in [0.1, 0.15) is 23.0 Å². The first-order chi connectivity index (χ1) is 12.9. The Morgan fingerprint density at radius 1 is 1.22 bits per heavy atom. The predicted octanol–water partition coefficient (Wildman–Crippen LogP) is 3.40. The second-order valence-corrected chi connectivity index (χ2v) is 7.41. The molecule has 0 fully saturated rings. The fourth-order valence-electron chi connectivity index (χ4n) is 2.59. The van der Waals surface area contributed by atoms with Gasteiger partial charge in [-0.3, -0.25) is 4.79 Å². The fraction of sp³-hybridized carbons (Fsp3) is 0.300. The van der Waals surface area contributed by atoms with Crippen LogP contribution in [0.25, 0.3) is 0 Å². The topological polar surface area (TPSA) is 116 Å². The summed E-state index contributed by atoms with van der Waals surface area (Å²) in [6.45, 7) is 4.22. The number of rotatable bonds is 7. The summed E-state index contributed by atoms with van der Waals surface area (Å²) in [5.74, 6) is 0.437. The number of carbonyl (C=O) groups excluding carboxylic acids is 1. The molecule has 0 saturated heterocycles. The zero-order chi connectivity index (χ0) is 19.8. The van der Waals surface area contributed by atoms with Crippen LogP contribution in [0, 0.1) is 28.6 Å². The number of hydrogen-bond donors (Lipinski definition) is 2. The summed E-state index contributed by atoms with van der Waals surface area (Å²) in [6, 6.07) is 15.0. The first-order valence-corrected chi connectivity index (χ1v) is 9.51. The summed E-state index contributed by atoms with van der Waals surface area (Å²) in [7, 11) is 0. The standard InChI is InChI=1S/C20H21N5OS/c1-13(2)8-17(14-6-4-3-5-7-14)24-18(26)12-27-20-16(11-22)9-15(10-21)19(23)25-20/h3-7,9,13,17H,8,12H2,1-2H3,(H2,23,25)(H,24,26)/t17-/m1/s1. The molecule has 0 radical (unpaired) electrons. The molecule has 0 aliphatic heterocycles. The number of nitrogens with two attached hydrogens (primary N) is 1. The molecule has 1 atom stereocenters. The summed E-state index contributed by atoms with van der Waals surface area (Å²) in [6.07, 6.45) is 0.825. The maximum atomic E-state index is 12.5. The van der Waals surface area contributed by atoms with Crippen molar-refractivity contribution in [1.29, 1.82) is 10.5 Å². The van der Waals surface area contributed by atoms with E-state index >= 15 is 0 Å². The molecule has 0 unspecified atom stereocenters. The highest BCUT2D eigenvalue weighted by Crippen LogP contribution is 2.25. The van der Waals surface area contributed by atoms with Crippen molar-refractivity contribution in [2.45, 2.75) is 31.3 Å². The third-order valence-electron chi connectivity index (χ3n) is 3.84. The van der Waals surface area contributed by atoms with Crippen LogP contribution in [0.2, 0.25) is 0 Å². The van der Waals surface area contributed by atoms with E-state index in [1.807, 2.05) is 42.5 Å². The summed E-state index contributed by atoms with van der Waals surface area (Å²) >= 11 is 1.13. The van der Waals surface area contributed by atoms with Crippen LogP contribution < -0.4 is 11.1 Å². The summed E-state index contributed by atoms with van der Waals surface area (Å²) in [5, 5.41) is 21.6. The monoisotopic (exact) mass is 379 g/mol. The number of thioether (sulfide) groups is 1. The average molecular weight is 379 g/mol. The van der Waals surface area contributed by atoms with E-state index in [4.69, 9.17) is 11.0 Å². The van der Waals surface area contributed by atoms with Crippen molar-refractivity contribution >= 4 is 23.5 Å². The Labute approximate surface area is 163 Å². The molecule has 1 aromatic carbocycles. The van der Waals surface area contributed by atoms with Crippen molar-refractivity contribution in [3.8, 4) is 12.1 Å². The molecular weight excluding hydrogens is 358 g/mol. The van der Waals surface area contributed by atoms with E-state index in [1.54, 1.807) is 0 Å². The van der Waals surface area contributed by atoms with Gasteiger partial charge in [-0.2, -0.15) is 10.5 Å². The lowest BCUT2D eigenvalue weighted by molar-refractivity contribution is -0.119. The number of nitriles is 2. The maximum absolute atomic E-state index is 12.5. The molecule has 6 nitrogen and oxygen atoms in total. The molecule has 2 rings (SSSR count). The minimum Gasteiger partial charge on any atom is -0.383 e. The van der Waals surface area contributed by atoms with Gasteiger partial charge in [0, 0.05) is 0 Å². The molecule has 27 heavy (non-hydrogen) atoms. The Hall–Kier alpha value is -3.03. The van der Waals surface area contributed by atoms with Crippen LogP contribution in [0.3, 0.4) is 0 Å². The first-order valence-electron chi connectivity index (χ1n) is 8.52. The Bertz CT molecular complexity index is 884. The molecule has 0 bridgehead atoms. The second-order valence-electron chi connectivity index (χ2n) is 6.45. The molecule has 0 saturated carbocycles. The highest BCUT2D eigenvalue weighted by atomic mass is 32.2. The van der Waals surface area contributed by atoms with E-state index in [0.29, 0.717) is 10.9 Å². The van der Waals surface area contributed by atoms with Gasteiger partial charge in [0.15, 0.2) is 0 Å². The van der Waals surface area contributed by atoms with Gasteiger partial charge < -0.3 is 11.1 Å². The Balaban J connectivity index is 2.08. The number of benzene rings is 1. The number of anilines is 1. The van der Waals surface area contributed by atoms with Crippen molar-refractivity contribution in [1.82, 2.24) is 10.3 Å². The molecular formula is C20H21N5OS. The quantitative estimate of drug-likeness (QED) is 0.712. The number of nitrogens with one attached hydrogen (secondary N) is 1. The van der Waals surface area contributed by atoms with Gasteiger partial charge in [0.25, 0.3) is 0 Å². The Morgan fingerprint density at radius 2 is 1.89 bits per heavy atom. The lowest BCUT2D eigenvalue weighted by atomic mass is 9.97. The van der Waals surface area contributed by atoms with Gasteiger partial charge in [-0.05, 0) is 24.0 Å². The van der Waals surface area contributed by atoms with Crippen LogP contribution in [0.15, 0.2) is 41.4 Å². The first kappa shape index (κ1) is 20.3. The van der Waals surface area contributed by atoms with Crippen molar-refractivity contribution in [2.24, 2.45) is 5.92 Å².